The molecule has 0 saturated carbocycles. The molecule has 148 valence electrons. The van der Waals surface area contributed by atoms with Crippen LogP contribution in [0.25, 0.3) is 0 Å². The number of anilines is 1. The molecule has 3 rings (SSSR count). The van der Waals surface area contributed by atoms with Gasteiger partial charge in [-0.15, -0.1) is 0 Å². The minimum atomic E-state index is -3.62. The highest BCUT2D eigenvalue weighted by Gasteiger charge is 2.21. The molecule has 0 radical (unpaired) electrons. The lowest BCUT2D eigenvalue weighted by atomic mass is 10.1. The molecule has 0 unspecified atom stereocenters. The highest BCUT2D eigenvalue weighted by atomic mass is 32.2. The summed E-state index contributed by atoms with van der Waals surface area (Å²) in [6.45, 7) is 3.19. The Bertz CT molecular complexity index is 974. The number of amides is 3. The Morgan fingerprint density at radius 2 is 1.89 bits per heavy atom. The van der Waals surface area contributed by atoms with Crippen LogP contribution in [0.5, 0.6) is 0 Å². The van der Waals surface area contributed by atoms with Gasteiger partial charge in [0.1, 0.15) is 0 Å². The molecule has 1 aliphatic heterocycles. The number of aryl methyl sites for hydroxylation is 1. The Balaban J connectivity index is 1.53. The number of nitrogens with one attached hydrogen (secondary N) is 3. The van der Waals surface area contributed by atoms with Gasteiger partial charge in [-0.2, -0.15) is 0 Å². The third kappa shape index (κ3) is 4.68. The maximum Gasteiger partial charge on any atom is 0.321 e. The normalized spacial score (nSPS) is 14.0. The fourth-order valence-corrected chi connectivity index (χ4v) is 3.83. The van der Waals surface area contributed by atoms with Crippen molar-refractivity contribution in [3.63, 3.8) is 0 Å². The van der Waals surface area contributed by atoms with Crippen LogP contribution in [0.2, 0.25) is 0 Å². The first-order chi connectivity index (χ1) is 13.4. The number of hydrogen-bond acceptors (Lipinski definition) is 4. The Hall–Kier alpha value is -2.91. The minimum Gasteiger partial charge on any atom is -0.351 e. The molecule has 3 amide bonds. The molecule has 1 saturated heterocycles. The van der Waals surface area contributed by atoms with E-state index in [1.54, 1.807) is 41.3 Å². The summed E-state index contributed by atoms with van der Waals surface area (Å²) in [6, 6.07) is 13.1. The standard InChI is InChI=1S/C19H22N4O4S/c1-14-5-7-17(8-6-14)28(26,27)22-10-9-20-18(24)15-3-2-4-16(13-15)23-12-11-21-19(23)25/h2-8,13,22H,9-12H2,1H3,(H,20,24)(H,21,25). The van der Waals surface area contributed by atoms with E-state index >= 15 is 0 Å². The number of urea groups is 1. The second kappa shape index (κ2) is 8.41. The van der Waals surface area contributed by atoms with Crippen LogP contribution < -0.4 is 20.3 Å². The molecule has 0 atom stereocenters. The number of carbonyl (C=O) groups is 2. The molecule has 1 aliphatic rings. The summed E-state index contributed by atoms with van der Waals surface area (Å²) >= 11 is 0. The van der Waals surface area contributed by atoms with Crippen molar-refractivity contribution in [1.29, 1.82) is 0 Å². The van der Waals surface area contributed by atoms with E-state index in [0.717, 1.165) is 5.56 Å². The van der Waals surface area contributed by atoms with E-state index in [2.05, 4.69) is 15.4 Å². The average molecular weight is 402 g/mol. The van der Waals surface area contributed by atoms with E-state index in [-0.39, 0.29) is 29.9 Å². The van der Waals surface area contributed by atoms with Crippen molar-refractivity contribution >= 4 is 27.6 Å². The van der Waals surface area contributed by atoms with Gasteiger partial charge in [-0.05, 0) is 37.3 Å². The van der Waals surface area contributed by atoms with Crippen molar-refractivity contribution in [3.8, 4) is 0 Å². The molecule has 3 N–H and O–H groups in total. The molecule has 0 spiro atoms. The number of nitrogens with zero attached hydrogens (tertiary/aromatic N) is 1. The van der Waals surface area contributed by atoms with E-state index in [1.807, 2.05) is 6.92 Å². The Kier molecular flexibility index (Phi) is 5.96. The fraction of sp³-hybridized carbons (Fsp3) is 0.263. The molecule has 1 heterocycles. The second-order valence-corrected chi connectivity index (χ2v) is 8.17. The van der Waals surface area contributed by atoms with Crippen molar-refractivity contribution in [3.05, 3.63) is 59.7 Å². The van der Waals surface area contributed by atoms with Crippen LogP contribution in [0.4, 0.5) is 10.5 Å². The van der Waals surface area contributed by atoms with Crippen LogP contribution in [0, 0.1) is 6.92 Å². The third-order valence-electron chi connectivity index (χ3n) is 4.31. The van der Waals surface area contributed by atoms with Gasteiger partial charge >= 0.3 is 6.03 Å². The monoisotopic (exact) mass is 402 g/mol. The zero-order valence-corrected chi connectivity index (χ0v) is 16.3. The second-order valence-electron chi connectivity index (χ2n) is 6.40. The predicted molar refractivity (Wildman–Crippen MR) is 106 cm³/mol. The Morgan fingerprint density at radius 3 is 2.57 bits per heavy atom. The van der Waals surface area contributed by atoms with E-state index in [1.165, 1.54) is 12.1 Å². The van der Waals surface area contributed by atoms with E-state index in [9.17, 15) is 18.0 Å². The maximum atomic E-state index is 12.3. The first-order valence-electron chi connectivity index (χ1n) is 8.87. The van der Waals surface area contributed by atoms with Gasteiger partial charge in [0.25, 0.3) is 5.91 Å². The van der Waals surface area contributed by atoms with Crippen molar-refractivity contribution in [2.24, 2.45) is 0 Å². The third-order valence-corrected chi connectivity index (χ3v) is 5.79. The summed E-state index contributed by atoms with van der Waals surface area (Å²) in [5.74, 6) is -0.337. The smallest absolute Gasteiger partial charge is 0.321 e. The average Bonchev–Trinajstić information content (AvgIpc) is 3.11. The number of carbonyl (C=O) groups excluding carboxylic acids is 2. The molecule has 8 nitrogen and oxygen atoms in total. The van der Waals surface area contributed by atoms with Gasteiger partial charge < -0.3 is 10.6 Å². The first kappa shape index (κ1) is 19.8. The Morgan fingerprint density at radius 1 is 1.14 bits per heavy atom. The molecule has 28 heavy (non-hydrogen) atoms. The fourth-order valence-electron chi connectivity index (χ4n) is 2.80. The number of hydrogen-bond donors (Lipinski definition) is 3. The summed E-state index contributed by atoms with van der Waals surface area (Å²) in [5, 5.41) is 5.39. The lowest BCUT2D eigenvalue weighted by Crippen LogP contribution is -2.34. The van der Waals surface area contributed by atoms with Crippen LogP contribution in [-0.2, 0) is 10.0 Å². The van der Waals surface area contributed by atoms with E-state index in [0.29, 0.717) is 24.3 Å². The summed E-state index contributed by atoms with van der Waals surface area (Å²) in [7, 11) is -3.62. The summed E-state index contributed by atoms with van der Waals surface area (Å²) in [5.41, 5.74) is 2.01. The SMILES string of the molecule is Cc1ccc(S(=O)(=O)NCCNC(=O)c2cccc(N3CCNC3=O)c2)cc1. The molecule has 1 fully saturated rings. The minimum absolute atomic E-state index is 0.0656. The lowest BCUT2D eigenvalue weighted by Gasteiger charge is -2.15. The first-order valence-corrected chi connectivity index (χ1v) is 10.3. The maximum absolute atomic E-state index is 12.3. The van der Waals surface area contributed by atoms with Crippen LogP contribution in [0.3, 0.4) is 0 Å². The summed E-state index contributed by atoms with van der Waals surface area (Å²) in [6.07, 6.45) is 0. The molecular weight excluding hydrogens is 380 g/mol. The van der Waals surface area contributed by atoms with Crippen LogP contribution in [0.15, 0.2) is 53.4 Å². The lowest BCUT2D eigenvalue weighted by molar-refractivity contribution is 0.0954. The molecule has 2 aromatic rings. The van der Waals surface area contributed by atoms with Crippen LogP contribution in [-0.4, -0.2) is 46.5 Å². The quantitative estimate of drug-likeness (QED) is 0.606. The van der Waals surface area contributed by atoms with Crippen molar-refractivity contribution in [1.82, 2.24) is 15.4 Å². The highest BCUT2D eigenvalue weighted by molar-refractivity contribution is 7.89. The predicted octanol–water partition coefficient (Wildman–Crippen LogP) is 1.23. The van der Waals surface area contributed by atoms with Gasteiger partial charge in [-0.1, -0.05) is 23.8 Å². The number of benzene rings is 2. The number of sulfonamides is 1. The van der Waals surface area contributed by atoms with Crippen molar-refractivity contribution in [2.45, 2.75) is 11.8 Å². The van der Waals surface area contributed by atoms with E-state index in [4.69, 9.17) is 0 Å². The zero-order valence-electron chi connectivity index (χ0n) is 15.4. The van der Waals surface area contributed by atoms with E-state index < -0.39 is 10.0 Å². The highest BCUT2D eigenvalue weighted by Crippen LogP contribution is 2.18. The topological polar surface area (TPSA) is 108 Å². The van der Waals surface area contributed by atoms with Gasteiger partial charge in [-0.25, -0.2) is 17.9 Å². The van der Waals surface area contributed by atoms with Gasteiger partial charge in [-0.3, -0.25) is 9.69 Å². The molecule has 9 heteroatoms. The summed E-state index contributed by atoms with van der Waals surface area (Å²) < 4.78 is 26.9. The van der Waals surface area contributed by atoms with Crippen LogP contribution >= 0.6 is 0 Å². The van der Waals surface area contributed by atoms with Crippen molar-refractivity contribution in [2.75, 3.05) is 31.1 Å². The number of rotatable bonds is 7. The van der Waals surface area contributed by atoms with Gasteiger partial charge in [0.2, 0.25) is 10.0 Å². The van der Waals surface area contributed by atoms with Crippen molar-refractivity contribution < 1.29 is 18.0 Å². The summed E-state index contributed by atoms with van der Waals surface area (Å²) in [4.78, 5) is 25.8. The molecule has 0 bridgehead atoms. The Labute approximate surface area is 164 Å². The van der Waals surface area contributed by atoms with Crippen LogP contribution in [0.1, 0.15) is 15.9 Å². The molecule has 0 aliphatic carbocycles. The zero-order chi connectivity index (χ0) is 20.1. The molecular formula is C19H22N4O4S. The van der Waals surface area contributed by atoms with Gasteiger partial charge in [0.15, 0.2) is 0 Å². The molecule has 0 aromatic heterocycles. The molecule has 2 aromatic carbocycles. The van der Waals surface area contributed by atoms with Gasteiger partial charge in [0, 0.05) is 37.4 Å². The van der Waals surface area contributed by atoms with Gasteiger partial charge in [0.05, 0.1) is 4.90 Å². The largest absolute Gasteiger partial charge is 0.351 e.